The number of aromatic nitrogens is 1. The molecular formula is C27H31NO4. The van der Waals surface area contributed by atoms with Crippen molar-refractivity contribution < 1.29 is 19.1 Å². The molecule has 1 aliphatic rings. The van der Waals surface area contributed by atoms with Crippen LogP contribution in [0.15, 0.2) is 46.9 Å². The Morgan fingerprint density at radius 3 is 2.78 bits per heavy atom. The van der Waals surface area contributed by atoms with E-state index in [0.717, 1.165) is 54.9 Å². The lowest BCUT2D eigenvalue weighted by Gasteiger charge is -2.12. The zero-order chi connectivity index (χ0) is 22.5. The summed E-state index contributed by atoms with van der Waals surface area (Å²) >= 11 is 0. The Labute approximate surface area is 189 Å². The SMILES string of the molecule is CCc1ccc(-c2nc(CCOc3ccc4c(c3)CC[C@@H]4CCCC(=O)O)c(C)o2)cc1. The van der Waals surface area contributed by atoms with Crippen molar-refractivity contribution in [1.82, 2.24) is 4.98 Å². The minimum absolute atomic E-state index is 0.250. The van der Waals surface area contributed by atoms with Crippen LogP contribution in [0.3, 0.4) is 0 Å². The first-order chi connectivity index (χ1) is 15.5. The summed E-state index contributed by atoms with van der Waals surface area (Å²) in [6.45, 7) is 4.64. The molecule has 2 aromatic carbocycles. The van der Waals surface area contributed by atoms with Gasteiger partial charge >= 0.3 is 5.97 Å². The lowest BCUT2D eigenvalue weighted by atomic mass is 9.95. The van der Waals surface area contributed by atoms with Crippen LogP contribution in [0.4, 0.5) is 0 Å². The van der Waals surface area contributed by atoms with Gasteiger partial charge in [-0.3, -0.25) is 4.79 Å². The molecule has 5 nitrogen and oxygen atoms in total. The van der Waals surface area contributed by atoms with Gasteiger partial charge in [-0.2, -0.15) is 0 Å². The van der Waals surface area contributed by atoms with Gasteiger partial charge in [-0.1, -0.05) is 25.1 Å². The van der Waals surface area contributed by atoms with Crippen molar-refractivity contribution in [2.75, 3.05) is 6.61 Å². The van der Waals surface area contributed by atoms with E-state index in [4.69, 9.17) is 14.3 Å². The van der Waals surface area contributed by atoms with E-state index >= 15 is 0 Å². The molecule has 3 aromatic rings. The molecule has 168 valence electrons. The van der Waals surface area contributed by atoms with Crippen LogP contribution in [0, 0.1) is 6.92 Å². The maximum atomic E-state index is 10.8. The molecule has 0 bridgehead atoms. The molecule has 1 heterocycles. The predicted octanol–water partition coefficient (Wildman–Crippen LogP) is 6.12. The van der Waals surface area contributed by atoms with Crippen LogP contribution >= 0.6 is 0 Å². The fourth-order valence-corrected chi connectivity index (χ4v) is 4.50. The van der Waals surface area contributed by atoms with Crippen molar-refractivity contribution >= 4 is 5.97 Å². The normalized spacial score (nSPS) is 15.0. The van der Waals surface area contributed by atoms with E-state index in [1.165, 1.54) is 16.7 Å². The van der Waals surface area contributed by atoms with Crippen molar-refractivity contribution in [3.8, 4) is 17.2 Å². The van der Waals surface area contributed by atoms with Gasteiger partial charge in [0.1, 0.15) is 11.5 Å². The summed E-state index contributed by atoms with van der Waals surface area (Å²) in [5, 5.41) is 8.85. The highest BCUT2D eigenvalue weighted by atomic mass is 16.5. The van der Waals surface area contributed by atoms with Crippen LogP contribution in [0.25, 0.3) is 11.5 Å². The minimum Gasteiger partial charge on any atom is -0.493 e. The maximum absolute atomic E-state index is 10.8. The molecule has 0 saturated carbocycles. The Balaban J connectivity index is 1.32. The van der Waals surface area contributed by atoms with Crippen molar-refractivity contribution in [3.05, 3.63) is 70.6 Å². The third-order valence-corrected chi connectivity index (χ3v) is 6.37. The average Bonchev–Trinajstić information content (AvgIpc) is 3.37. The summed E-state index contributed by atoms with van der Waals surface area (Å²) in [7, 11) is 0. The van der Waals surface area contributed by atoms with Crippen LogP contribution < -0.4 is 4.74 Å². The second kappa shape index (κ2) is 10.0. The van der Waals surface area contributed by atoms with E-state index in [-0.39, 0.29) is 6.42 Å². The number of hydrogen-bond donors (Lipinski definition) is 1. The molecule has 0 unspecified atom stereocenters. The van der Waals surface area contributed by atoms with Crippen LogP contribution in [0.5, 0.6) is 5.75 Å². The Hall–Kier alpha value is -3.08. The number of ether oxygens (including phenoxy) is 1. The fraction of sp³-hybridized carbons (Fsp3) is 0.407. The topological polar surface area (TPSA) is 72.6 Å². The fourth-order valence-electron chi connectivity index (χ4n) is 4.50. The van der Waals surface area contributed by atoms with E-state index in [1.807, 2.05) is 13.0 Å². The van der Waals surface area contributed by atoms with Crippen molar-refractivity contribution in [2.24, 2.45) is 0 Å². The molecule has 5 heteroatoms. The van der Waals surface area contributed by atoms with Gasteiger partial charge in [0.2, 0.25) is 5.89 Å². The van der Waals surface area contributed by atoms with Crippen LogP contribution in [-0.4, -0.2) is 22.7 Å². The highest BCUT2D eigenvalue weighted by Crippen LogP contribution is 2.38. The van der Waals surface area contributed by atoms with Crippen LogP contribution in [-0.2, 0) is 24.1 Å². The molecule has 0 fully saturated rings. The Morgan fingerprint density at radius 1 is 1.22 bits per heavy atom. The molecule has 0 saturated heterocycles. The molecule has 0 spiro atoms. The molecule has 0 amide bonds. The summed E-state index contributed by atoms with van der Waals surface area (Å²) in [6, 6.07) is 14.7. The van der Waals surface area contributed by atoms with Crippen LogP contribution in [0.1, 0.15) is 66.7 Å². The zero-order valence-corrected chi connectivity index (χ0v) is 18.9. The molecule has 1 N–H and O–H groups in total. The van der Waals surface area contributed by atoms with Gasteiger partial charge in [0, 0.05) is 18.4 Å². The number of carboxylic acids is 1. The number of aliphatic carboxylic acids is 1. The van der Waals surface area contributed by atoms with Gasteiger partial charge < -0.3 is 14.3 Å². The number of benzene rings is 2. The molecule has 1 aromatic heterocycles. The number of fused-ring (bicyclic) bond motifs is 1. The Morgan fingerprint density at radius 2 is 2.03 bits per heavy atom. The summed E-state index contributed by atoms with van der Waals surface area (Å²) in [5.74, 6) is 2.14. The third kappa shape index (κ3) is 5.21. The van der Waals surface area contributed by atoms with E-state index in [2.05, 4.69) is 48.3 Å². The predicted molar refractivity (Wildman–Crippen MR) is 124 cm³/mol. The lowest BCUT2D eigenvalue weighted by molar-refractivity contribution is -0.137. The van der Waals surface area contributed by atoms with Gasteiger partial charge in [0.05, 0.1) is 12.3 Å². The Bertz CT molecular complexity index is 1070. The second-order valence-corrected chi connectivity index (χ2v) is 8.55. The van der Waals surface area contributed by atoms with E-state index in [9.17, 15) is 4.79 Å². The van der Waals surface area contributed by atoms with Crippen molar-refractivity contribution in [3.63, 3.8) is 0 Å². The maximum Gasteiger partial charge on any atom is 0.303 e. The molecule has 0 aliphatic heterocycles. The number of aryl methyl sites for hydroxylation is 3. The molecule has 4 rings (SSSR count). The third-order valence-electron chi connectivity index (χ3n) is 6.37. The highest BCUT2D eigenvalue weighted by molar-refractivity contribution is 5.66. The van der Waals surface area contributed by atoms with Gasteiger partial charge in [-0.25, -0.2) is 4.98 Å². The first-order valence-corrected chi connectivity index (χ1v) is 11.6. The average molecular weight is 434 g/mol. The van der Waals surface area contributed by atoms with Crippen molar-refractivity contribution in [1.29, 1.82) is 0 Å². The molecular weight excluding hydrogens is 402 g/mol. The molecule has 0 radical (unpaired) electrons. The van der Waals surface area contributed by atoms with Gasteiger partial charge in [-0.05, 0) is 85.9 Å². The Kier molecular flexibility index (Phi) is 6.93. The summed E-state index contributed by atoms with van der Waals surface area (Å²) in [6.07, 6.45) is 5.76. The van der Waals surface area contributed by atoms with Gasteiger partial charge in [0.15, 0.2) is 0 Å². The quantitative estimate of drug-likeness (QED) is 0.417. The monoisotopic (exact) mass is 433 g/mol. The number of carbonyl (C=O) groups is 1. The van der Waals surface area contributed by atoms with Crippen molar-refractivity contribution in [2.45, 2.75) is 64.7 Å². The summed E-state index contributed by atoms with van der Waals surface area (Å²) < 4.78 is 11.9. The lowest BCUT2D eigenvalue weighted by Crippen LogP contribution is -2.03. The van der Waals surface area contributed by atoms with Crippen LogP contribution in [0.2, 0.25) is 0 Å². The number of oxazole rings is 1. The van der Waals surface area contributed by atoms with Gasteiger partial charge in [0.25, 0.3) is 0 Å². The number of nitrogens with zero attached hydrogens (tertiary/aromatic N) is 1. The molecule has 32 heavy (non-hydrogen) atoms. The highest BCUT2D eigenvalue weighted by Gasteiger charge is 2.22. The largest absolute Gasteiger partial charge is 0.493 e. The number of carboxylic acid groups (broad SMARTS) is 1. The summed E-state index contributed by atoms with van der Waals surface area (Å²) in [4.78, 5) is 15.4. The van der Waals surface area contributed by atoms with E-state index in [1.54, 1.807) is 0 Å². The molecule has 1 atom stereocenters. The minimum atomic E-state index is -0.712. The number of hydrogen-bond acceptors (Lipinski definition) is 4. The standard InChI is InChI=1S/C27H31NO4/c1-3-19-7-9-21(10-8-19)27-28-25(18(2)32-27)15-16-31-23-13-14-24-20(5-4-6-26(29)30)11-12-22(24)17-23/h7-10,13-14,17,20H,3-6,11-12,15-16H2,1-2H3,(H,29,30)/t20-/m0/s1. The van der Waals surface area contributed by atoms with E-state index < -0.39 is 5.97 Å². The van der Waals surface area contributed by atoms with E-state index in [0.29, 0.717) is 24.8 Å². The first-order valence-electron chi connectivity index (χ1n) is 11.6. The van der Waals surface area contributed by atoms with Gasteiger partial charge in [-0.15, -0.1) is 0 Å². The summed E-state index contributed by atoms with van der Waals surface area (Å²) in [5.41, 5.74) is 5.91. The smallest absolute Gasteiger partial charge is 0.303 e. The zero-order valence-electron chi connectivity index (χ0n) is 18.9. The molecule has 1 aliphatic carbocycles. The number of rotatable bonds is 10. The first kappa shape index (κ1) is 22.1. The second-order valence-electron chi connectivity index (χ2n) is 8.55.